The second-order valence-electron chi connectivity index (χ2n) is 7.04. The third kappa shape index (κ3) is 7.10. The van der Waals surface area contributed by atoms with E-state index in [1.54, 1.807) is 0 Å². The highest BCUT2D eigenvalue weighted by Gasteiger charge is 2.48. The highest BCUT2D eigenvalue weighted by atomic mass is 28.4. The number of rotatable bonds is 12. The van der Waals surface area contributed by atoms with Crippen molar-refractivity contribution >= 4 is 8.80 Å². The van der Waals surface area contributed by atoms with E-state index in [9.17, 15) is 0 Å². The molecule has 0 N–H and O–H groups in total. The van der Waals surface area contributed by atoms with Crippen molar-refractivity contribution in [3.05, 3.63) is 103 Å². The molecule has 156 valence electrons. The van der Waals surface area contributed by atoms with Crippen LogP contribution in [-0.2, 0) is 4.74 Å². The van der Waals surface area contributed by atoms with Gasteiger partial charge in [-0.15, -0.1) is 0 Å². The molecule has 4 nitrogen and oxygen atoms in total. The van der Waals surface area contributed by atoms with Crippen molar-refractivity contribution in [2.24, 2.45) is 0 Å². The highest BCUT2D eigenvalue weighted by molar-refractivity contribution is 6.63. The van der Waals surface area contributed by atoms with Gasteiger partial charge in [-0.2, -0.15) is 0 Å². The van der Waals surface area contributed by atoms with Gasteiger partial charge in [0, 0.05) is 6.61 Å². The van der Waals surface area contributed by atoms with Crippen LogP contribution >= 0.6 is 0 Å². The van der Waals surface area contributed by atoms with E-state index in [1.165, 1.54) is 0 Å². The van der Waals surface area contributed by atoms with Gasteiger partial charge in [-0.1, -0.05) is 66.7 Å². The monoisotopic (exact) mass is 420 g/mol. The highest BCUT2D eigenvalue weighted by Crippen LogP contribution is 2.27. The van der Waals surface area contributed by atoms with Crippen LogP contribution in [0.2, 0.25) is 6.04 Å². The Morgan fingerprint density at radius 1 is 0.700 bits per heavy atom. The Morgan fingerprint density at radius 2 is 1.10 bits per heavy atom. The first-order chi connectivity index (χ1) is 14.7. The van der Waals surface area contributed by atoms with Crippen molar-refractivity contribution in [1.82, 2.24) is 0 Å². The summed E-state index contributed by atoms with van der Waals surface area (Å²) in [6, 6.07) is 29.6. The lowest BCUT2D eigenvalue weighted by Crippen LogP contribution is -2.55. The van der Waals surface area contributed by atoms with Crippen molar-refractivity contribution in [3.63, 3.8) is 0 Å². The average Bonchev–Trinajstić information content (AvgIpc) is 2.75. The molecule has 0 saturated carbocycles. The Labute approximate surface area is 180 Å². The maximum Gasteiger partial charge on any atom is 0.699 e. The molecule has 3 aromatic carbocycles. The van der Waals surface area contributed by atoms with Crippen LogP contribution in [0.15, 0.2) is 103 Å². The van der Waals surface area contributed by atoms with E-state index in [4.69, 9.17) is 18.0 Å². The van der Waals surface area contributed by atoms with Gasteiger partial charge in [0.2, 0.25) is 0 Å². The van der Waals surface area contributed by atoms with Crippen molar-refractivity contribution in [2.45, 2.75) is 19.4 Å². The summed E-state index contributed by atoms with van der Waals surface area (Å²) in [6.07, 6.45) is 0.742. The van der Waals surface area contributed by atoms with E-state index >= 15 is 0 Å². The maximum atomic E-state index is 6.46. The minimum absolute atomic E-state index is 0.549. The average molecular weight is 421 g/mol. The molecule has 0 fully saturated rings. The minimum Gasteiger partial charge on any atom is -0.483 e. The second-order valence-corrected chi connectivity index (χ2v) is 9.52. The fourth-order valence-corrected chi connectivity index (χ4v) is 5.35. The van der Waals surface area contributed by atoms with Crippen LogP contribution in [0.3, 0.4) is 0 Å². The van der Waals surface area contributed by atoms with Crippen LogP contribution in [0, 0.1) is 0 Å². The third-order valence-electron chi connectivity index (χ3n) is 4.17. The number of para-hydroxylation sites is 3. The SMILES string of the molecule is C=C(C)COCCC[Si](Oc1ccccc1)(Oc1ccccc1)Oc1ccccc1. The van der Waals surface area contributed by atoms with Gasteiger partial charge in [0.25, 0.3) is 0 Å². The van der Waals surface area contributed by atoms with Crippen LogP contribution in [0.1, 0.15) is 13.3 Å². The van der Waals surface area contributed by atoms with Gasteiger partial charge in [-0.25, -0.2) is 0 Å². The Hall–Kier alpha value is -3.02. The van der Waals surface area contributed by atoms with Gasteiger partial charge in [0.1, 0.15) is 17.2 Å². The molecule has 3 rings (SSSR count). The van der Waals surface area contributed by atoms with E-state index in [0.29, 0.717) is 19.3 Å². The summed E-state index contributed by atoms with van der Waals surface area (Å²) in [6.45, 7) is 6.96. The molecule has 0 spiro atoms. The summed E-state index contributed by atoms with van der Waals surface area (Å²) in [5.74, 6) is 2.16. The van der Waals surface area contributed by atoms with Gasteiger partial charge in [-0.05, 0) is 49.7 Å². The topological polar surface area (TPSA) is 36.9 Å². The number of ether oxygens (including phenoxy) is 1. The summed E-state index contributed by atoms with van der Waals surface area (Å²) in [7, 11) is -3.20. The van der Waals surface area contributed by atoms with E-state index < -0.39 is 8.80 Å². The predicted molar refractivity (Wildman–Crippen MR) is 122 cm³/mol. The number of hydrogen-bond donors (Lipinski definition) is 0. The zero-order valence-corrected chi connectivity index (χ0v) is 18.3. The number of benzene rings is 3. The van der Waals surface area contributed by atoms with E-state index in [-0.39, 0.29) is 0 Å². The fourth-order valence-electron chi connectivity index (χ4n) is 2.86. The first-order valence-corrected chi connectivity index (χ1v) is 12.0. The molecule has 0 saturated heterocycles. The number of hydrogen-bond acceptors (Lipinski definition) is 4. The normalized spacial score (nSPS) is 11.0. The molecule has 30 heavy (non-hydrogen) atoms. The molecule has 0 amide bonds. The molecule has 0 aromatic heterocycles. The van der Waals surface area contributed by atoms with Crippen molar-refractivity contribution in [1.29, 1.82) is 0 Å². The molecule has 0 radical (unpaired) electrons. The van der Waals surface area contributed by atoms with Gasteiger partial charge in [0.05, 0.1) is 12.7 Å². The van der Waals surface area contributed by atoms with Gasteiger partial charge >= 0.3 is 8.80 Å². The molecule has 0 atom stereocenters. The third-order valence-corrected chi connectivity index (χ3v) is 6.78. The summed E-state index contributed by atoms with van der Waals surface area (Å²) in [5.41, 5.74) is 1.00. The molecule has 0 aliphatic rings. The lowest BCUT2D eigenvalue weighted by Gasteiger charge is -2.30. The Morgan fingerprint density at radius 3 is 1.47 bits per heavy atom. The van der Waals surface area contributed by atoms with Crippen LogP contribution in [0.25, 0.3) is 0 Å². The molecule has 0 unspecified atom stereocenters. The minimum atomic E-state index is -3.20. The first-order valence-electron chi connectivity index (χ1n) is 10.1. The van der Waals surface area contributed by atoms with Gasteiger partial charge < -0.3 is 18.0 Å². The Balaban J connectivity index is 1.85. The summed E-state index contributed by atoms with van der Waals surface area (Å²) in [5, 5.41) is 0. The molecule has 0 aliphatic heterocycles. The molecule has 5 heteroatoms. The van der Waals surface area contributed by atoms with E-state index in [1.807, 2.05) is 97.9 Å². The molecule has 0 bridgehead atoms. The molecule has 0 heterocycles. The predicted octanol–water partition coefficient (Wildman–Crippen LogP) is 6.15. The van der Waals surface area contributed by atoms with Crippen molar-refractivity contribution in [3.8, 4) is 17.2 Å². The smallest absolute Gasteiger partial charge is 0.483 e. The van der Waals surface area contributed by atoms with Gasteiger partial charge in [-0.3, -0.25) is 0 Å². The fraction of sp³-hybridized carbons (Fsp3) is 0.200. The van der Waals surface area contributed by atoms with E-state index in [0.717, 1.165) is 29.2 Å². The van der Waals surface area contributed by atoms with Crippen LogP contribution in [0.4, 0.5) is 0 Å². The maximum absolute atomic E-state index is 6.46. The summed E-state index contributed by atoms with van der Waals surface area (Å²) < 4.78 is 25.1. The second kappa shape index (κ2) is 11.2. The largest absolute Gasteiger partial charge is 0.699 e. The first kappa shape index (κ1) is 21.7. The molecular formula is C25H28O4Si. The van der Waals surface area contributed by atoms with Crippen molar-refractivity contribution in [2.75, 3.05) is 13.2 Å². The van der Waals surface area contributed by atoms with Gasteiger partial charge in [0.15, 0.2) is 0 Å². The zero-order valence-electron chi connectivity index (χ0n) is 17.3. The molecule has 3 aromatic rings. The van der Waals surface area contributed by atoms with Crippen LogP contribution in [0.5, 0.6) is 17.2 Å². The Kier molecular flexibility index (Phi) is 8.12. The molecule has 0 aliphatic carbocycles. The molecular weight excluding hydrogens is 392 g/mol. The van der Waals surface area contributed by atoms with E-state index in [2.05, 4.69) is 6.58 Å². The summed E-state index contributed by atoms with van der Waals surface area (Å²) in [4.78, 5) is 0. The Bertz CT molecular complexity index is 783. The lowest BCUT2D eigenvalue weighted by atomic mass is 10.3. The quantitative estimate of drug-likeness (QED) is 0.200. The summed E-state index contributed by atoms with van der Waals surface area (Å²) >= 11 is 0. The van der Waals surface area contributed by atoms with Crippen LogP contribution in [-0.4, -0.2) is 22.0 Å². The lowest BCUT2D eigenvalue weighted by molar-refractivity contribution is 0.152. The zero-order chi connectivity index (χ0) is 21.1. The standard InChI is InChI=1S/C25H28O4Si/c1-22(2)21-26-19-12-20-30(27-23-13-6-3-7-14-23,28-24-15-8-4-9-16-24)29-25-17-10-5-11-18-25/h3-11,13-18H,1,12,19-21H2,2H3. The van der Waals surface area contributed by atoms with Crippen LogP contribution < -0.4 is 13.3 Å². The van der Waals surface area contributed by atoms with Crippen molar-refractivity contribution < 1.29 is 18.0 Å².